The monoisotopic (exact) mass is 176 g/mol. The van der Waals surface area contributed by atoms with Crippen molar-refractivity contribution in [1.82, 2.24) is 0 Å². The highest BCUT2D eigenvalue weighted by Crippen LogP contribution is 2.24. The van der Waals surface area contributed by atoms with Gasteiger partial charge in [-0.1, -0.05) is 36.4 Å². The third-order valence-corrected chi connectivity index (χ3v) is 2.53. The molecule has 3 rings (SSSR count). The highest BCUT2D eigenvalue weighted by molar-refractivity contribution is 6.07. The summed E-state index contributed by atoms with van der Waals surface area (Å²) in [4.78, 5) is 0. The summed E-state index contributed by atoms with van der Waals surface area (Å²) in [5.74, 6) is 0. The number of benzene rings is 3. The Hall–Kier alpha value is -1.82. The molecule has 0 aliphatic heterocycles. The van der Waals surface area contributed by atoms with Gasteiger partial charge in [-0.15, -0.1) is 0 Å². The first-order chi connectivity index (χ1) is 6.95. The average Bonchev–Trinajstić information content (AvgIpc) is 2.29. The van der Waals surface area contributed by atoms with Gasteiger partial charge in [-0.05, 0) is 45.8 Å². The second-order valence-corrected chi connectivity index (χ2v) is 3.37. The normalized spacial score (nSPS) is 10.9. The summed E-state index contributed by atoms with van der Waals surface area (Å²) in [6.07, 6.45) is 0. The fourth-order valence-electron chi connectivity index (χ4n) is 1.83. The molecule has 0 fully saturated rings. The Balaban J connectivity index is 2.61. The minimum Gasteiger partial charge on any atom is -0.0616 e. The molecule has 0 saturated carbocycles. The zero-order chi connectivity index (χ0) is 9.38. The number of hydrogen-bond donors (Lipinski definition) is 0. The van der Waals surface area contributed by atoms with Crippen molar-refractivity contribution in [1.29, 1.82) is 0 Å². The van der Waals surface area contributed by atoms with E-state index in [1.54, 1.807) is 0 Å². The van der Waals surface area contributed by atoms with Crippen LogP contribution in [0.15, 0.2) is 48.5 Å². The van der Waals surface area contributed by atoms with Crippen molar-refractivity contribution in [3.63, 3.8) is 0 Å². The van der Waals surface area contributed by atoms with Crippen LogP contribution in [0.3, 0.4) is 0 Å². The maximum absolute atomic E-state index is 3.00. The molecule has 0 aliphatic carbocycles. The largest absolute Gasteiger partial charge is 0.0616 e. The van der Waals surface area contributed by atoms with Gasteiger partial charge in [0.15, 0.2) is 0 Å². The van der Waals surface area contributed by atoms with E-state index in [1.165, 1.54) is 21.5 Å². The molecular weight excluding hydrogens is 168 g/mol. The Labute approximate surface area is 82.8 Å². The van der Waals surface area contributed by atoms with Gasteiger partial charge in [0.05, 0.1) is 0 Å². The molecule has 0 spiro atoms. The van der Waals surface area contributed by atoms with E-state index >= 15 is 0 Å². The van der Waals surface area contributed by atoms with Crippen LogP contribution in [0, 0.1) is 12.1 Å². The van der Waals surface area contributed by atoms with E-state index in [9.17, 15) is 0 Å². The van der Waals surface area contributed by atoms with E-state index in [0.717, 1.165) is 0 Å². The van der Waals surface area contributed by atoms with Crippen LogP contribution in [0.4, 0.5) is 0 Å². The van der Waals surface area contributed by atoms with Crippen molar-refractivity contribution in [2.75, 3.05) is 0 Å². The quantitative estimate of drug-likeness (QED) is 0.459. The molecule has 0 aliphatic rings. The Kier molecular flexibility index (Phi) is 1.54. The molecule has 0 saturated heterocycles. The number of hydrogen-bond acceptors (Lipinski definition) is 0. The Morgan fingerprint density at radius 1 is 0.643 bits per heavy atom. The predicted molar refractivity (Wildman–Crippen MR) is 59.1 cm³/mol. The summed E-state index contributed by atoms with van der Waals surface area (Å²) in [7, 11) is 0. The van der Waals surface area contributed by atoms with Crippen molar-refractivity contribution in [3.05, 3.63) is 60.7 Å². The first-order valence-corrected chi connectivity index (χ1v) is 4.64. The van der Waals surface area contributed by atoms with Crippen LogP contribution in [-0.2, 0) is 0 Å². The van der Waals surface area contributed by atoms with Gasteiger partial charge in [0.1, 0.15) is 0 Å². The molecule has 0 atom stereocenters. The molecule has 0 bridgehead atoms. The van der Waals surface area contributed by atoms with Crippen molar-refractivity contribution >= 4 is 21.5 Å². The van der Waals surface area contributed by atoms with Crippen molar-refractivity contribution in [3.8, 4) is 0 Å². The van der Waals surface area contributed by atoms with Crippen LogP contribution in [0.25, 0.3) is 21.5 Å². The molecule has 2 radical (unpaired) electrons. The lowest BCUT2D eigenvalue weighted by molar-refractivity contribution is 1.74. The van der Waals surface area contributed by atoms with Gasteiger partial charge >= 0.3 is 0 Å². The number of rotatable bonds is 0. The molecule has 14 heavy (non-hydrogen) atoms. The first-order valence-electron chi connectivity index (χ1n) is 4.64. The minimum atomic E-state index is 1.22. The molecule has 0 N–H and O–H groups in total. The topological polar surface area (TPSA) is 0 Å². The molecule has 0 aromatic heterocycles. The molecule has 0 unspecified atom stereocenters. The lowest BCUT2D eigenvalue weighted by Gasteiger charge is -2.01. The van der Waals surface area contributed by atoms with Gasteiger partial charge in [-0.2, -0.15) is 0 Å². The molecule has 3 aromatic carbocycles. The summed E-state index contributed by atoms with van der Waals surface area (Å²) >= 11 is 0. The smallest absolute Gasteiger partial charge is 0.00921 e. The highest BCUT2D eigenvalue weighted by atomic mass is 14.0. The van der Waals surface area contributed by atoms with Crippen LogP contribution in [0.5, 0.6) is 0 Å². The van der Waals surface area contributed by atoms with Gasteiger partial charge in [0, 0.05) is 0 Å². The zero-order valence-corrected chi connectivity index (χ0v) is 7.62. The molecule has 0 heteroatoms. The molecular formula is C14H8. The third-order valence-electron chi connectivity index (χ3n) is 2.53. The first kappa shape index (κ1) is 7.57. The molecule has 0 heterocycles. The lowest BCUT2D eigenvalue weighted by Crippen LogP contribution is -1.76. The van der Waals surface area contributed by atoms with Crippen molar-refractivity contribution < 1.29 is 0 Å². The van der Waals surface area contributed by atoms with E-state index in [-0.39, 0.29) is 0 Å². The van der Waals surface area contributed by atoms with Crippen LogP contribution in [-0.4, -0.2) is 0 Å². The third kappa shape index (κ3) is 1.01. The van der Waals surface area contributed by atoms with E-state index < -0.39 is 0 Å². The van der Waals surface area contributed by atoms with Crippen molar-refractivity contribution in [2.24, 2.45) is 0 Å². The van der Waals surface area contributed by atoms with Crippen LogP contribution >= 0.6 is 0 Å². The molecule has 3 aromatic rings. The van der Waals surface area contributed by atoms with Gasteiger partial charge in [0.25, 0.3) is 0 Å². The lowest BCUT2D eigenvalue weighted by atomic mass is 10.0. The number of fused-ring (bicyclic) bond motifs is 3. The summed E-state index contributed by atoms with van der Waals surface area (Å²) in [6.45, 7) is 0. The maximum Gasteiger partial charge on any atom is -0.00921 e. The average molecular weight is 176 g/mol. The van der Waals surface area contributed by atoms with Crippen LogP contribution < -0.4 is 0 Å². The summed E-state index contributed by atoms with van der Waals surface area (Å²) in [5, 5.41) is 5.04. The van der Waals surface area contributed by atoms with Gasteiger partial charge < -0.3 is 0 Å². The maximum atomic E-state index is 3.00. The van der Waals surface area contributed by atoms with Gasteiger partial charge in [-0.25, -0.2) is 0 Å². The van der Waals surface area contributed by atoms with Crippen LogP contribution in [0.2, 0.25) is 0 Å². The molecule has 0 nitrogen and oxygen atoms in total. The second-order valence-electron chi connectivity index (χ2n) is 3.37. The fraction of sp³-hybridized carbons (Fsp3) is 0. The van der Waals surface area contributed by atoms with E-state index in [4.69, 9.17) is 0 Å². The van der Waals surface area contributed by atoms with E-state index in [2.05, 4.69) is 48.5 Å². The van der Waals surface area contributed by atoms with Crippen molar-refractivity contribution in [2.45, 2.75) is 0 Å². The van der Waals surface area contributed by atoms with Gasteiger partial charge in [-0.3, -0.25) is 0 Å². The Morgan fingerprint density at radius 3 is 2.43 bits per heavy atom. The second kappa shape index (κ2) is 2.85. The predicted octanol–water partition coefficient (Wildman–Crippen LogP) is 3.59. The summed E-state index contributed by atoms with van der Waals surface area (Å²) < 4.78 is 0. The van der Waals surface area contributed by atoms with Gasteiger partial charge in [0.2, 0.25) is 0 Å². The Bertz CT molecular complexity index is 539. The summed E-state index contributed by atoms with van der Waals surface area (Å²) in [5.41, 5.74) is 0. The molecule has 0 amide bonds. The highest BCUT2D eigenvalue weighted by Gasteiger charge is 1.97. The summed E-state index contributed by atoms with van der Waals surface area (Å²) in [6, 6.07) is 22.6. The van der Waals surface area contributed by atoms with Crippen LogP contribution in [0.1, 0.15) is 0 Å². The fourth-order valence-corrected chi connectivity index (χ4v) is 1.83. The SMILES string of the molecule is [c]1[c]cc2c(c1)ccc1ccccc12. The standard InChI is InChI=1S/C14H8/c1-3-7-13-11(5-1)9-10-12-6-2-4-8-14(12)13/h1,3,5-10H. The Morgan fingerprint density at radius 2 is 1.43 bits per heavy atom. The van der Waals surface area contributed by atoms with E-state index in [0.29, 0.717) is 0 Å². The minimum absolute atomic E-state index is 1.22. The zero-order valence-electron chi connectivity index (χ0n) is 7.62. The molecule has 64 valence electrons. The van der Waals surface area contributed by atoms with E-state index in [1.807, 2.05) is 12.1 Å².